The monoisotopic (exact) mass is 269 g/mol. The van der Waals surface area contributed by atoms with Crippen molar-refractivity contribution in [3.63, 3.8) is 0 Å². The fourth-order valence-electron chi connectivity index (χ4n) is 1.61. The predicted molar refractivity (Wildman–Crippen MR) is 67.7 cm³/mol. The number of ether oxygens (including phenoxy) is 1. The Morgan fingerprint density at radius 2 is 1.72 bits per heavy atom. The minimum absolute atomic E-state index is 0.151. The molecule has 0 aromatic heterocycles. The molecule has 0 fully saturated rings. The maximum Gasteiger partial charge on any atom is 0.389 e. The first-order valence-electron chi connectivity index (χ1n) is 6.73. The summed E-state index contributed by atoms with van der Waals surface area (Å²) >= 11 is 0. The second kappa shape index (κ2) is 9.62. The first kappa shape index (κ1) is 17.7. The molecule has 0 heterocycles. The van der Waals surface area contributed by atoms with E-state index < -0.39 is 12.6 Å². The molecule has 18 heavy (non-hydrogen) atoms. The Balaban J connectivity index is 3.29. The summed E-state index contributed by atoms with van der Waals surface area (Å²) in [4.78, 5) is 0. The highest BCUT2D eigenvalue weighted by Crippen LogP contribution is 2.22. The third kappa shape index (κ3) is 13.8. The molecular weight excluding hydrogens is 243 g/mol. The van der Waals surface area contributed by atoms with Crippen LogP contribution in [0.1, 0.15) is 52.9 Å². The van der Waals surface area contributed by atoms with Crippen LogP contribution in [0.4, 0.5) is 13.2 Å². The lowest BCUT2D eigenvalue weighted by Gasteiger charge is -2.14. The Morgan fingerprint density at radius 1 is 1.06 bits per heavy atom. The van der Waals surface area contributed by atoms with Crippen molar-refractivity contribution in [2.24, 2.45) is 0 Å². The molecule has 0 aliphatic rings. The van der Waals surface area contributed by atoms with E-state index >= 15 is 0 Å². The lowest BCUT2D eigenvalue weighted by molar-refractivity contribution is -0.135. The molecule has 0 bridgehead atoms. The van der Waals surface area contributed by atoms with E-state index in [0.29, 0.717) is 6.42 Å². The minimum atomic E-state index is -4.02. The summed E-state index contributed by atoms with van der Waals surface area (Å²) in [7, 11) is 0. The summed E-state index contributed by atoms with van der Waals surface area (Å²) < 4.78 is 41.2. The molecule has 110 valence electrons. The number of hydrogen-bond acceptors (Lipinski definition) is 2. The fraction of sp³-hybridized carbons (Fsp3) is 1.00. The predicted octanol–water partition coefficient (Wildman–Crippen LogP) is 3.90. The summed E-state index contributed by atoms with van der Waals surface area (Å²) in [5, 5.41) is 3.23. The van der Waals surface area contributed by atoms with Gasteiger partial charge in [0.15, 0.2) is 0 Å². The Kier molecular flexibility index (Phi) is 9.46. The topological polar surface area (TPSA) is 21.3 Å². The number of nitrogens with one attached hydrogen (secondary N) is 1. The van der Waals surface area contributed by atoms with Crippen molar-refractivity contribution >= 4 is 0 Å². The Morgan fingerprint density at radius 3 is 2.28 bits per heavy atom. The number of hydrogen-bond donors (Lipinski definition) is 1. The smallest absolute Gasteiger partial charge is 0.379 e. The molecule has 5 heteroatoms. The first-order valence-corrected chi connectivity index (χ1v) is 6.73. The van der Waals surface area contributed by atoms with Crippen LogP contribution in [0.15, 0.2) is 0 Å². The average molecular weight is 269 g/mol. The van der Waals surface area contributed by atoms with E-state index in [2.05, 4.69) is 5.32 Å². The normalized spacial score (nSPS) is 14.2. The van der Waals surface area contributed by atoms with Crippen LogP contribution in [0.2, 0.25) is 0 Å². The van der Waals surface area contributed by atoms with Crippen molar-refractivity contribution in [1.29, 1.82) is 0 Å². The van der Waals surface area contributed by atoms with E-state index in [0.717, 1.165) is 26.0 Å². The van der Waals surface area contributed by atoms with Gasteiger partial charge in [-0.1, -0.05) is 0 Å². The molecule has 0 aromatic carbocycles. The van der Waals surface area contributed by atoms with Crippen LogP contribution < -0.4 is 5.32 Å². The highest BCUT2D eigenvalue weighted by atomic mass is 19.4. The van der Waals surface area contributed by atoms with Gasteiger partial charge in [-0.3, -0.25) is 0 Å². The molecule has 0 aliphatic carbocycles. The summed E-state index contributed by atoms with van der Waals surface area (Å²) in [5.41, 5.74) is 0. The Labute approximate surface area is 108 Å². The number of halogens is 3. The second-order valence-electron chi connectivity index (χ2n) is 4.99. The third-order valence-electron chi connectivity index (χ3n) is 2.61. The van der Waals surface area contributed by atoms with Gasteiger partial charge in [-0.15, -0.1) is 0 Å². The molecule has 0 spiro atoms. The zero-order valence-corrected chi connectivity index (χ0v) is 11.6. The van der Waals surface area contributed by atoms with Gasteiger partial charge >= 0.3 is 6.18 Å². The zero-order chi connectivity index (χ0) is 14.0. The number of unbranched alkanes of at least 4 members (excludes halogenated alkanes) is 1. The van der Waals surface area contributed by atoms with Crippen LogP contribution >= 0.6 is 0 Å². The van der Waals surface area contributed by atoms with Crippen molar-refractivity contribution in [2.75, 3.05) is 13.2 Å². The van der Waals surface area contributed by atoms with Crippen LogP contribution in [0, 0.1) is 0 Å². The van der Waals surface area contributed by atoms with Crippen LogP contribution in [-0.2, 0) is 4.74 Å². The van der Waals surface area contributed by atoms with E-state index in [4.69, 9.17) is 4.74 Å². The van der Waals surface area contributed by atoms with Gasteiger partial charge in [0.05, 0.1) is 6.10 Å². The van der Waals surface area contributed by atoms with Crippen LogP contribution in [0.3, 0.4) is 0 Å². The average Bonchev–Trinajstić information content (AvgIpc) is 2.20. The largest absolute Gasteiger partial charge is 0.389 e. The molecular formula is C13H26F3NO. The highest BCUT2D eigenvalue weighted by Gasteiger charge is 2.26. The molecule has 0 aliphatic heterocycles. The van der Waals surface area contributed by atoms with Crippen molar-refractivity contribution in [3.8, 4) is 0 Å². The molecule has 1 unspecified atom stereocenters. The first-order chi connectivity index (χ1) is 8.31. The van der Waals surface area contributed by atoms with Gasteiger partial charge in [0.2, 0.25) is 0 Å². The summed E-state index contributed by atoms with van der Waals surface area (Å²) in [6, 6.07) is 0.151. The number of alkyl halides is 3. The van der Waals surface area contributed by atoms with Crippen molar-refractivity contribution < 1.29 is 17.9 Å². The van der Waals surface area contributed by atoms with Crippen molar-refractivity contribution in [1.82, 2.24) is 5.32 Å². The quantitative estimate of drug-likeness (QED) is 0.607. The van der Waals surface area contributed by atoms with Crippen LogP contribution in [0.25, 0.3) is 0 Å². The van der Waals surface area contributed by atoms with Gasteiger partial charge in [0.1, 0.15) is 0 Å². The Hall–Kier alpha value is -0.290. The van der Waals surface area contributed by atoms with Crippen molar-refractivity contribution in [2.45, 2.75) is 71.2 Å². The molecule has 0 saturated heterocycles. The second-order valence-corrected chi connectivity index (χ2v) is 4.99. The van der Waals surface area contributed by atoms with E-state index in [1.54, 1.807) is 0 Å². The lowest BCUT2D eigenvalue weighted by atomic mass is 10.1. The van der Waals surface area contributed by atoms with Gasteiger partial charge < -0.3 is 10.1 Å². The summed E-state index contributed by atoms with van der Waals surface area (Å²) in [6.07, 6.45) is -1.68. The highest BCUT2D eigenvalue weighted by molar-refractivity contribution is 4.62. The Bertz CT molecular complexity index is 195. The zero-order valence-electron chi connectivity index (χ0n) is 11.6. The van der Waals surface area contributed by atoms with Gasteiger partial charge in [-0.2, -0.15) is 13.2 Å². The van der Waals surface area contributed by atoms with Crippen LogP contribution in [0.5, 0.6) is 0 Å². The molecule has 1 atom stereocenters. The molecule has 0 saturated carbocycles. The molecule has 0 rings (SSSR count). The van der Waals surface area contributed by atoms with Gasteiger partial charge in [0.25, 0.3) is 0 Å². The van der Waals surface area contributed by atoms with Gasteiger partial charge in [0, 0.05) is 19.1 Å². The SMILES string of the molecule is CC(CCCC(F)(F)F)NCCCCOC(C)C. The summed E-state index contributed by atoms with van der Waals surface area (Å²) in [5.74, 6) is 0. The maximum absolute atomic E-state index is 11.9. The third-order valence-corrected chi connectivity index (χ3v) is 2.61. The van der Waals surface area contributed by atoms with E-state index in [1.165, 1.54) is 0 Å². The van der Waals surface area contributed by atoms with Crippen LogP contribution in [-0.4, -0.2) is 31.5 Å². The summed E-state index contributed by atoms with van der Waals surface area (Å²) in [6.45, 7) is 7.53. The van der Waals surface area contributed by atoms with E-state index in [-0.39, 0.29) is 18.6 Å². The van der Waals surface area contributed by atoms with E-state index in [1.807, 2.05) is 20.8 Å². The van der Waals surface area contributed by atoms with E-state index in [9.17, 15) is 13.2 Å². The number of rotatable bonds is 10. The lowest BCUT2D eigenvalue weighted by Crippen LogP contribution is -2.27. The molecule has 0 radical (unpaired) electrons. The minimum Gasteiger partial charge on any atom is -0.379 e. The molecule has 1 N–H and O–H groups in total. The van der Waals surface area contributed by atoms with Gasteiger partial charge in [-0.05, 0) is 53.0 Å². The maximum atomic E-state index is 11.9. The van der Waals surface area contributed by atoms with Crippen molar-refractivity contribution in [3.05, 3.63) is 0 Å². The fourth-order valence-corrected chi connectivity index (χ4v) is 1.61. The molecule has 2 nitrogen and oxygen atoms in total. The standard InChI is InChI=1S/C13H26F3NO/c1-11(2)18-10-5-4-9-17-12(3)7-6-8-13(14,15)16/h11-12,17H,4-10H2,1-3H3. The van der Waals surface area contributed by atoms with Gasteiger partial charge in [-0.25, -0.2) is 0 Å². The molecule has 0 aromatic rings. The molecule has 0 amide bonds.